The maximum Gasteiger partial charge on any atom is 0.0667 e. The minimum Gasteiger partial charge on any atom is -0.392 e. The van der Waals surface area contributed by atoms with Crippen molar-refractivity contribution in [2.24, 2.45) is 5.92 Å². The lowest BCUT2D eigenvalue weighted by Gasteiger charge is -2.18. The Hall–Kier alpha value is -0.510. The first-order valence-corrected chi connectivity index (χ1v) is 7.28. The molecule has 0 bridgehead atoms. The zero-order valence-corrected chi connectivity index (χ0v) is 11.3. The van der Waals surface area contributed by atoms with Crippen LogP contribution in [0, 0.1) is 5.92 Å². The lowest BCUT2D eigenvalue weighted by atomic mass is 10.0. The van der Waals surface area contributed by atoms with Crippen molar-refractivity contribution in [3.8, 4) is 0 Å². The van der Waals surface area contributed by atoms with E-state index < -0.39 is 0 Å². The molecule has 0 saturated heterocycles. The number of aliphatic hydroxyl groups excluding tert-OH is 1. The molecule has 0 aliphatic carbocycles. The van der Waals surface area contributed by atoms with Crippen LogP contribution >= 0.6 is 11.8 Å². The summed E-state index contributed by atoms with van der Waals surface area (Å²) in [6.07, 6.45) is 0.641. The average molecular weight is 251 g/mol. The summed E-state index contributed by atoms with van der Waals surface area (Å²) in [6.45, 7) is 4.98. The molecule has 0 amide bonds. The second kappa shape index (κ2) is 5.89. The highest BCUT2D eigenvalue weighted by Gasteiger charge is 2.22. The first-order chi connectivity index (χ1) is 8.16. The SMILES string of the molecule is CC(C)CC(O)CNC1CSc2ccccc21. The molecule has 1 aliphatic rings. The summed E-state index contributed by atoms with van der Waals surface area (Å²) in [4.78, 5) is 1.38. The van der Waals surface area contributed by atoms with Gasteiger partial charge in [0.1, 0.15) is 0 Å². The fourth-order valence-corrected chi connectivity index (χ4v) is 3.43. The third-order valence-electron chi connectivity index (χ3n) is 3.04. The van der Waals surface area contributed by atoms with E-state index in [0.29, 0.717) is 18.5 Å². The van der Waals surface area contributed by atoms with Gasteiger partial charge in [-0.1, -0.05) is 32.0 Å². The molecule has 2 rings (SSSR count). The van der Waals surface area contributed by atoms with Crippen molar-refractivity contribution in [1.82, 2.24) is 5.32 Å². The molecule has 2 N–H and O–H groups in total. The molecule has 0 fully saturated rings. The Morgan fingerprint density at radius 1 is 1.41 bits per heavy atom. The molecule has 1 aliphatic heterocycles. The zero-order chi connectivity index (χ0) is 12.3. The summed E-state index contributed by atoms with van der Waals surface area (Å²) in [5.41, 5.74) is 1.38. The normalized spacial score (nSPS) is 20.6. The van der Waals surface area contributed by atoms with Gasteiger partial charge in [-0.2, -0.15) is 0 Å². The standard InChI is InChI=1S/C14H21NOS/c1-10(2)7-11(16)8-15-13-9-17-14-6-4-3-5-12(13)14/h3-6,10-11,13,15-16H,7-9H2,1-2H3. The summed E-state index contributed by atoms with van der Waals surface area (Å²) in [7, 11) is 0. The number of nitrogens with one attached hydrogen (secondary N) is 1. The molecule has 0 saturated carbocycles. The number of hydrogen-bond donors (Lipinski definition) is 2. The predicted molar refractivity (Wildman–Crippen MR) is 73.4 cm³/mol. The van der Waals surface area contributed by atoms with Gasteiger partial charge in [0, 0.05) is 23.2 Å². The van der Waals surface area contributed by atoms with Crippen LogP contribution in [0.15, 0.2) is 29.2 Å². The van der Waals surface area contributed by atoms with E-state index in [1.807, 2.05) is 11.8 Å². The van der Waals surface area contributed by atoms with Gasteiger partial charge in [0.2, 0.25) is 0 Å². The van der Waals surface area contributed by atoms with E-state index in [0.717, 1.165) is 12.2 Å². The van der Waals surface area contributed by atoms with Gasteiger partial charge in [-0.25, -0.2) is 0 Å². The van der Waals surface area contributed by atoms with Crippen LogP contribution in [0.2, 0.25) is 0 Å². The summed E-state index contributed by atoms with van der Waals surface area (Å²) < 4.78 is 0. The quantitative estimate of drug-likeness (QED) is 0.844. The molecule has 3 heteroatoms. The van der Waals surface area contributed by atoms with E-state index in [2.05, 4.69) is 43.4 Å². The van der Waals surface area contributed by atoms with Crippen molar-refractivity contribution >= 4 is 11.8 Å². The number of aliphatic hydroxyl groups is 1. The predicted octanol–water partition coefficient (Wildman–Crippen LogP) is 2.83. The molecule has 0 aromatic heterocycles. The molecule has 1 aromatic carbocycles. The van der Waals surface area contributed by atoms with Crippen molar-refractivity contribution < 1.29 is 5.11 Å². The highest BCUT2D eigenvalue weighted by Crippen LogP contribution is 2.37. The maximum atomic E-state index is 9.86. The van der Waals surface area contributed by atoms with Gasteiger partial charge in [-0.05, 0) is 24.0 Å². The van der Waals surface area contributed by atoms with Gasteiger partial charge in [0.15, 0.2) is 0 Å². The lowest BCUT2D eigenvalue weighted by Crippen LogP contribution is -2.31. The molecule has 2 unspecified atom stereocenters. The molecular formula is C14H21NOS. The molecule has 0 radical (unpaired) electrons. The smallest absolute Gasteiger partial charge is 0.0667 e. The lowest BCUT2D eigenvalue weighted by molar-refractivity contribution is 0.143. The molecule has 17 heavy (non-hydrogen) atoms. The van der Waals surface area contributed by atoms with E-state index >= 15 is 0 Å². The second-order valence-electron chi connectivity index (χ2n) is 5.09. The Labute approximate surface area is 108 Å². The van der Waals surface area contributed by atoms with E-state index in [1.165, 1.54) is 10.5 Å². The van der Waals surface area contributed by atoms with Crippen molar-refractivity contribution in [3.05, 3.63) is 29.8 Å². The fraction of sp³-hybridized carbons (Fsp3) is 0.571. The largest absolute Gasteiger partial charge is 0.392 e. The zero-order valence-electron chi connectivity index (χ0n) is 10.5. The fourth-order valence-electron chi connectivity index (χ4n) is 2.24. The Balaban J connectivity index is 1.85. The van der Waals surface area contributed by atoms with Crippen molar-refractivity contribution in [2.75, 3.05) is 12.3 Å². The van der Waals surface area contributed by atoms with Crippen molar-refractivity contribution in [1.29, 1.82) is 0 Å². The van der Waals surface area contributed by atoms with Gasteiger partial charge in [-0.3, -0.25) is 0 Å². The van der Waals surface area contributed by atoms with Crippen molar-refractivity contribution in [3.63, 3.8) is 0 Å². The van der Waals surface area contributed by atoms with Gasteiger partial charge < -0.3 is 10.4 Å². The van der Waals surface area contributed by atoms with E-state index in [4.69, 9.17) is 0 Å². The minimum absolute atomic E-state index is 0.229. The molecule has 2 nitrogen and oxygen atoms in total. The first-order valence-electron chi connectivity index (χ1n) is 6.30. The molecular weight excluding hydrogens is 230 g/mol. The highest BCUT2D eigenvalue weighted by atomic mass is 32.2. The van der Waals surface area contributed by atoms with Crippen LogP contribution in [0.5, 0.6) is 0 Å². The summed E-state index contributed by atoms with van der Waals surface area (Å²) in [5, 5.41) is 13.3. The number of benzene rings is 1. The number of fused-ring (bicyclic) bond motifs is 1. The van der Waals surface area contributed by atoms with Crippen LogP contribution in [0.1, 0.15) is 31.9 Å². The Kier molecular flexibility index (Phi) is 4.48. The van der Waals surface area contributed by atoms with Gasteiger partial charge in [-0.15, -0.1) is 11.8 Å². The van der Waals surface area contributed by atoms with Crippen LogP contribution < -0.4 is 5.32 Å². The molecule has 1 aromatic rings. The van der Waals surface area contributed by atoms with Crippen LogP contribution in [0.25, 0.3) is 0 Å². The van der Waals surface area contributed by atoms with Crippen LogP contribution in [-0.4, -0.2) is 23.5 Å². The number of rotatable bonds is 5. The summed E-state index contributed by atoms with van der Waals surface area (Å²) in [6, 6.07) is 8.93. The second-order valence-corrected chi connectivity index (χ2v) is 6.15. The molecule has 94 valence electrons. The summed E-state index contributed by atoms with van der Waals surface area (Å²) >= 11 is 1.90. The van der Waals surface area contributed by atoms with Crippen LogP contribution in [-0.2, 0) is 0 Å². The van der Waals surface area contributed by atoms with Crippen LogP contribution in [0.4, 0.5) is 0 Å². The third kappa shape index (κ3) is 3.47. The van der Waals surface area contributed by atoms with Crippen LogP contribution in [0.3, 0.4) is 0 Å². The first kappa shape index (κ1) is 12.9. The maximum absolute atomic E-state index is 9.86. The van der Waals surface area contributed by atoms with E-state index in [-0.39, 0.29) is 6.10 Å². The minimum atomic E-state index is -0.229. The van der Waals surface area contributed by atoms with Gasteiger partial charge >= 0.3 is 0 Å². The average Bonchev–Trinajstić information content (AvgIpc) is 2.69. The van der Waals surface area contributed by atoms with E-state index in [1.54, 1.807) is 0 Å². The monoisotopic (exact) mass is 251 g/mol. The van der Waals surface area contributed by atoms with Crippen molar-refractivity contribution in [2.45, 2.75) is 37.3 Å². The topological polar surface area (TPSA) is 32.3 Å². The van der Waals surface area contributed by atoms with Gasteiger partial charge in [0.25, 0.3) is 0 Å². The molecule has 1 heterocycles. The molecule has 0 spiro atoms. The highest BCUT2D eigenvalue weighted by molar-refractivity contribution is 7.99. The molecule has 2 atom stereocenters. The summed E-state index contributed by atoms with van der Waals surface area (Å²) in [5.74, 6) is 1.63. The number of hydrogen-bond acceptors (Lipinski definition) is 3. The van der Waals surface area contributed by atoms with E-state index in [9.17, 15) is 5.11 Å². The third-order valence-corrected chi connectivity index (χ3v) is 4.23. The Morgan fingerprint density at radius 2 is 2.18 bits per heavy atom. The number of thioether (sulfide) groups is 1. The Bertz CT molecular complexity index is 367. The van der Waals surface area contributed by atoms with Gasteiger partial charge in [0.05, 0.1) is 6.10 Å². The Morgan fingerprint density at radius 3 is 2.94 bits per heavy atom.